The zero-order valence-electron chi connectivity index (χ0n) is 10.6. The fourth-order valence-corrected chi connectivity index (χ4v) is 1.90. The molecule has 0 atom stereocenters. The summed E-state index contributed by atoms with van der Waals surface area (Å²) in [5.74, 6) is 0. The van der Waals surface area contributed by atoms with Crippen molar-refractivity contribution < 1.29 is 9.31 Å². The molecule has 17 heavy (non-hydrogen) atoms. The van der Waals surface area contributed by atoms with Gasteiger partial charge in [0.15, 0.2) is 0 Å². The van der Waals surface area contributed by atoms with Gasteiger partial charge < -0.3 is 15.0 Å². The molecule has 2 N–H and O–H groups in total. The number of halogens is 1. The summed E-state index contributed by atoms with van der Waals surface area (Å²) in [7, 11) is -0.460. The van der Waals surface area contributed by atoms with E-state index in [2.05, 4.69) is 0 Å². The summed E-state index contributed by atoms with van der Waals surface area (Å²) in [5, 5.41) is 0.629. The first-order chi connectivity index (χ1) is 7.73. The number of hydrogen-bond acceptors (Lipinski definition) is 3. The molecule has 1 heterocycles. The van der Waals surface area contributed by atoms with E-state index in [1.54, 1.807) is 18.2 Å². The number of nitrogens with two attached hydrogens (primary N) is 1. The third kappa shape index (κ3) is 2.17. The van der Waals surface area contributed by atoms with E-state index in [0.717, 1.165) is 5.46 Å². The first-order valence-corrected chi connectivity index (χ1v) is 6.01. The highest BCUT2D eigenvalue weighted by Crippen LogP contribution is 2.36. The van der Waals surface area contributed by atoms with Gasteiger partial charge in [-0.05, 0) is 45.9 Å². The Hall–Kier alpha value is -0.705. The molecule has 1 fully saturated rings. The zero-order chi connectivity index (χ0) is 12.8. The van der Waals surface area contributed by atoms with Crippen molar-refractivity contribution in [1.29, 1.82) is 0 Å². The van der Waals surface area contributed by atoms with E-state index >= 15 is 0 Å². The fraction of sp³-hybridized carbons (Fsp3) is 0.500. The molecule has 0 radical (unpaired) electrons. The predicted octanol–water partition coefficient (Wildman–Crippen LogP) is 2.22. The smallest absolute Gasteiger partial charge is 0.399 e. The van der Waals surface area contributed by atoms with E-state index in [1.165, 1.54) is 0 Å². The van der Waals surface area contributed by atoms with Gasteiger partial charge in [0.2, 0.25) is 0 Å². The molecule has 1 saturated heterocycles. The van der Waals surface area contributed by atoms with Gasteiger partial charge in [0, 0.05) is 16.2 Å². The minimum atomic E-state index is -0.460. The molecule has 1 aliphatic heterocycles. The SMILES string of the molecule is CC1(C)OB(c2cc(Cl)ccc2N)OC1(C)C. The number of rotatable bonds is 1. The molecule has 0 amide bonds. The third-order valence-corrected chi connectivity index (χ3v) is 3.79. The minimum Gasteiger partial charge on any atom is -0.399 e. The molecular weight excluding hydrogens is 236 g/mol. The van der Waals surface area contributed by atoms with Crippen LogP contribution in [0.3, 0.4) is 0 Å². The Bertz CT molecular complexity index is 432. The largest absolute Gasteiger partial charge is 0.497 e. The minimum absolute atomic E-state index is 0.369. The van der Waals surface area contributed by atoms with E-state index < -0.39 is 7.12 Å². The first kappa shape index (κ1) is 12.7. The number of hydrogen-bond donors (Lipinski definition) is 1. The Kier molecular flexibility index (Phi) is 2.93. The summed E-state index contributed by atoms with van der Waals surface area (Å²) in [6, 6.07) is 5.31. The van der Waals surface area contributed by atoms with Crippen molar-refractivity contribution in [3.05, 3.63) is 23.2 Å². The maximum Gasteiger partial charge on any atom is 0.497 e. The zero-order valence-corrected chi connectivity index (χ0v) is 11.3. The molecule has 0 spiro atoms. The molecule has 1 aromatic carbocycles. The van der Waals surface area contributed by atoms with Crippen LogP contribution in [0.1, 0.15) is 27.7 Å². The van der Waals surface area contributed by atoms with Crippen LogP contribution in [0.2, 0.25) is 5.02 Å². The van der Waals surface area contributed by atoms with Gasteiger partial charge in [-0.15, -0.1) is 0 Å². The lowest BCUT2D eigenvalue weighted by Crippen LogP contribution is -2.41. The standard InChI is InChI=1S/C12H17BClNO2/c1-11(2)12(3,4)17-13(16-11)9-7-8(14)5-6-10(9)15/h5-7H,15H2,1-4H3. The van der Waals surface area contributed by atoms with Crippen molar-refractivity contribution in [1.82, 2.24) is 0 Å². The van der Waals surface area contributed by atoms with Crippen molar-refractivity contribution in [2.75, 3.05) is 5.73 Å². The summed E-state index contributed by atoms with van der Waals surface area (Å²) in [5.41, 5.74) is 6.61. The average molecular weight is 254 g/mol. The third-order valence-electron chi connectivity index (χ3n) is 3.56. The van der Waals surface area contributed by atoms with Crippen molar-refractivity contribution >= 4 is 29.9 Å². The molecular formula is C12H17BClNO2. The summed E-state index contributed by atoms with van der Waals surface area (Å²) in [4.78, 5) is 0. The highest BCUT2D eigenvalue weighted by molar-refractivity contribution is 6.64. The molecule has 0 saturated carbocycles. The Morgan fingerprint density at radius 3 is 2.18 bits per heavy atom. The maximum absolute atomic E-state index is 5.97. The lowest BCUT2D eigenvalue weighted by molar-refractivity contribution is 0.00578. The second kappa shape index (κ2) is 3.90. The van der Waals surface area contributed by atoms with Gasteiger partial charge in [0.05, 0.1) is 11.2 Å². The number of benzene rings is 1. The summed E-state index contributed by atoms with van der Waals surface area (Å²) in [6.07, 6.45) is 0. The monoisotopic (exact) mass is 253 g/mol. The molecule has 5 heteroatoms. The number of anilines is 1. The van der Waals surface area contributed by atoms with Crippen molar-refractivity contribution in [3.63, 3.8) is 0 Å². The first-order valence-electron chi connectivity index (χ1n) is 5.63. The summed E-state index contributed by atoms with van der Waals surface area (Å²) in [6.45, 7) is 8.03. The molecule has 0 aromatic heterocycles. The van der Waals surface area contributed by atoms with Crippen LogP contribution in [0.5, 0.6) is 0 Å². The van der Waals surface area contributed by atoms with E-state index in [1.807, 2.05) is 27.7 Å². The van der Waals surface area contributed by atoms with Crippen LogP contribution in [0.15, 0.2) is 18.2 Å². The van der Waals surface area contributed by atoms with Gasteiger partial charge in [-0.3, -0.25) is 0 Å². The van der Waals surface area contributed by atoms with Gasteiger partial charge >= 0.3 is 7.12 Å². The Morgan fingerprint density at radius 2 is 1.65 bits per heavy atom. The van der Waals surface area contributed by atoms with Gasteiger partial charge in [-0.1, -0.05) is 11.6 Å². The van der Waals surface area contributed by atoms with Crippen molar-refractivity contribution in [2.24, 2.45) is 0 Å². The van der Waals surface area contributed by atoms with Gasteiger partial charge in [0.1, 0.15) is 0 Å². The molecule has 92 valence electrons. The van der Waals surface area contributed by atoms with Gasteiger partial charge in [-0.2, -0.15) is 0 Å². The second-order valence-corrected chi connectivity index (χ2v) is 5.80. The molecule has 1 aromatic rings. The van der Waals surface area contributed by atoms with Crippen LogP contribution in [0.4, 0.5) is 5.69 Å². The molecule has 0 aliphatic carbocycles. The highest BCUT2D eigenvalue weighted by Gasteiger charge is 2.52. The normalized spacial score (nSPS) is 21.8. The van der Waals surface area contributed by atoms with Crippen LogP contribution in [-0.2, 0) is 9.31 Å². The summed E-state index contributed by atoms with van der Waals surface area (Å²) >= 11 is 5.97. The molecule has 1 aliphatic rings. The average Bonchev–Trinajstić information content (AvgIpc) is 2.40. The van der Waals surface area contributed by atoms with Gasteiger partial charge in [-0.25, -0.2) is 0 Å². The Balaban J connectivity index is 2.35. The van der Waals surface area contributed by atoms with Crippen LogP contribution in [0.25, 0.3) is 0 Å². The lowest BCUT2D eigenvalue weighted by Gasteiger charge is -2.32. The van der Waals surface area contributed by atoms with Crippen molar-refractivity contribution in [3.8, 4) is 0 Å². The molecule has 3 nitrogen and oxygen atoms in total. The van der Waals surface area contributed by atoms with E-state index in [4.69, 9.17) is 26.6 Å². The van der Waals surface area contributed by atoms with Crippen LogP contribution in [-0.4, -0.2) is 18.3 Å². The molecule has 0 bridgehead atoms. The van der Waals surface area contributed by atoms with Crippen LogP contribution in [0, 0.1) is 0 Å². The number of nitrogen functional groups attached to an aromatic ring is 1. The van der Waals surface area contributed by atoms with E-state index in [0.29, 0.717) is 10.7 Å². The Labute approximate surface area is 107 Å². The summed E-state index contributed by atoms with van der Waals surface area (Å²) < 4.78 is 11.9. The lowest BCUT2D eigenvalue weighted by atomic mass is 9.78. The Morgan fingerprint density at radius 1 is 1.12 bits per heavy atom. The quantitative estimate of drug-likeness (QED) is 0.616. The molecule has 0 unspecified atom stereocenters. The van der Waals surface area contributed by atoms with Gasteiger partial charge in [0.25, 0.3) is 0 Å². The second-order valence-electron chi connectivity index (χ2n) is 5.36. The fourth-order valence-electron chi connectivity index (χ4n) is 1.72. The van der Waals surface area contributed by atoms with E-state index in [9.17, 15) is 0 Å². The maximum atomic E-state index is 5.97. The van der Waals surface area contributed by atoms with E-state index in [-0.39, 0.29) is 11.2 Å². The van der Waals surface area contributed by atoms with Crippen LogP contribution < -0.4 is 11.2 Å². The predicted molar refractivity (Wildman–Crippen MR) is 71.6 cm³/mol. The topological polar surface area (TPSA) is 44.5 Å². The molecule has 2 rings (SSSR count). The van der Waals surface area contributed by atoms with Crippen molar-refractivity contribution in [2.45, 2.75) is 38.9 Å². The highest BCUT2D eigenvalue weighted by atomic mass is 35.5. The van der Waals surface area contributed by atoms with Crippen LogP contribution >= 0.6 is 11.6 Å².